The van der Waals surface area contributed by atoms with Crippen molar-refractivity contribution in [3.05, 3.63) is 0 Å². The molecule has 0 fully saturated rings. The molecule has 0 unspecified atom stereocenters. The van der Waals surface area contributed by atoms with Gasteiger partial charge >= 0.3 is 0 Å². The van der Waals surface area contributed by atoms with Gasteiger partial charge in [-0.05, 0) is 0 Å². The second kappa shape index (κ2) is 2.87. The van der Waals surface area contributed by atoms with Gasteiger partial charge in [-0.1, -0.05) is 13.8 Å². The molecule has 0 aromatic carbocycles. The summed E-state index contributed by atoms with van der Waals surface area (Å²) in [6.45, 7) is 3.28. The van der Waals surface area contributed by atoms with Crippen molar-refractivity contribution in [3.63, 3.8) is 0 Å². The molecule has 2 radical (unpaired) electrons. The molecule has 0 bridgehead atoms. The van der Waals surface area contributed by atoms with E-state index >= 15 is 0 Å². The fourth-order valence-corrected chi connectivity index (χ4v) is 0.275. The van der Waals surface area contributed by atoms with Crippen LogP contribution in [0.25, 0.3) is 0 Å². The van der Waals surface area contributed by atoms with Crippen molar-refractivity contribution in [1.82, 2.24) is 10.9 Å². The standard InChI is InChI=1S/C5H11BN2O/c1-5(2,6)4(9)8-7-3/h7H,1-3H3,(H,8,9). The Balaban J connectivity index is 3.74. The Morgan fingerprint density at radius 2 is 2.00 bits per heavy atom. The number of carbonyl (C=O) groups excluding carboxylic acids is 1. The van der Waals surface area contributed by atoms with Gasteiger partial charge in [-0.2, -0.15) is 0 Å². The largest absolute Gasteiger partial charge is 0.292 e. The molecule has 0 aromatic heterocycles. The van der Waals surface area contributed by atoms with Gasteiger partial charge in [0.05, 0.1) is 7.85 Å². The first kappa shape index (κ1) is 8.49. The third-order valence-corrected chi connectivity index (χ3v) is 0.824. The van der Waals surface area contributed by atoms with Crippen molar-refractivity contribution in [2.75, 3.05) is 7.05 Å². The molecule has 1 amide bonds. The third kappa shape index (κ3) is 3.14. The van der Waals surface area contributed by atoms with Crippen LogP contribution in [0.15, 0.2) is 0 Å². The van der Waals surface area contributed by atoms with Gasteiger partial charge in [-0.3, -0.25) is 10.2 Å². The van der Waals surface area contributed by atoms with Gasteiger partial charge in [0.1, 0.15) is 0 Å². The molecule has 0 saturated heterocycles. The summed E-state index contributed by atoms with van der Waals surface area (Å²) < 4.78 is 0. The summed E-state index contributed by atoms with van der Waals surface area (Å²) in [5.74, 6) is -0.218. The van der Waals surface area contributed by atoms with E-state index in [0.717, 1.165) is 0 Å². The van der Waals surface area contributed by atoms with E-state index in [1.165, 1.54) is 0 Å². The first-order valence-electron chi connectivity index (χ1n) is 2.74. The van der Waals surface area contributed by atoms with E-state index in [1.54, 1.807) is 20.9 Å². The van der Waals surface area contributed by atoms with Crippen molar-refractivity contribution in [3.8, 4) is 0 Å². The highest BCUT2D eigenvalue weighted by atomic mass is 16.2. The van der Waals surface area contributed by atoms with Gasteiger partial charge in [-0.15, -0.1) is 0 Å². The van der Waals surface area contributed by atoms with Gasteiger partial charge < -0.3 is 0 Å². The number of rotatable bonds is 2. The molecule has 0 aliphatic carbocycles. The quantitative estimate of drug-likeness (QED) is 0.390. The second-order valence-corrected chi connectivity index (χ2v) is 2.43. The Morgan fingerprint density at radius 3 is 2.11 bits per heavy atom. The summed E-state index contributed by atoms with van der Waals surface area (Å²) >= 11 is 0. The molecule has 0 aliphatic rings. The monoisotopic (exact) mass is 126 g/mol. The molecule has 0 spiro atoms. The van der Waals surface area contributed by atoms with E-state index < -0.39 is 5.31 Å². The minimum atomic E-state index is -0.803. The molecule has 4 heteroatoms. The molecular formula is C5H11BN2O. The summed E-state index contributed by atoms with van der Waals surface area (Å²) in [6, 6.07) is 0. The molecular weight excluding hydrogens is 115 g/mol. The fraction of sp³-hybridized carbons (Fsp3) is 0.800. The predicted molar refractivity (Wildman–Crippen MR) is 37.0 cm³/mol. The maximum atomic E-state index is 10.8. The lowest BCUT2D eigenvalue weighted by Crippen LogP contribution is -2.40. The summed E-state index contributed by atoms with van der Waals surface area (Å²) in [6.07, 6.45) is 0. The first-order chi connectivity index (χ1) is 3.98. The van der Waals surface area contributed by atoms with E-state index in [4.69, 9.17) is 7.85 Å². The van der Waals surface area contributed by atoms with Crippen LogP contribution in [0.3, 0.4) is 0 Å². The molecule has 0 heterocycles. The lowest BCUT2D eigenvalue weighted by molar-refractivity contribution is -0.124. The Kier molecular flexibility index (Phi) is 2.71. The molecule has 0 saturated carbocycles. The van der Waals surface area contributed by atoms with Crippen LogP contribution in [0.5, 0.6) is 0 Å². The zero-order valence-electron chi connectivity index (χ0n) is 5.99. The van der Waals surface area contributed by atoms with Crippen molar-refractivity contribution in [2.45, 2.75) is 19.2 Å². The zero-order valence-corrected chi connectivity index (χ0v) is 5.99. The van der Waals surface area contributed by atoms with Crippen LogP contribution in [-0.4, -0.2) is 20.8 Å². The summed E-state index contributed by atoms with van der Waals surface area (Å²) in [4.78, 5) is 10.8. The lowest BCUT2D eigenvalue weighted by atomic mass is 9.72. The summed E-state index contributed by atoms with van der Waals surface area (Å²) in [5, 5.41) is -0.803. The molecule has 0 aliphatic heterocycles. The van der Waals surface area contributed by atoms with Gasteiger partial charge in [0.25, 0.3) is 0 Å². The molecule has 9 heavy (non-hydrogen) atoms. The number of carbonyl (C=O) groups is 1. The molecule has 3 nitrogen and oxygen atoms in total. The topological polar surface area (TPSA) is 41.1 Å². The van der Waals surface area contributed by atoms with Crippen molar-refractivity contribution >= 4 is 13.8 Å². The maximum Gasteiger partial charge on any atom is 0.230 e. The van der Waals surface area contributed by atoms with Crippen LogP contribution < -0.4 is 10.9 Å². The van der Waals surface area contributed by atoms with Gasteiger partial charge in [0.2, 0.25) is 5.91 Å². The number of nitrogens with one attached hydrogen (secondary N) is 2. The zero-order chi connectivity index (χ0) is 7.49. The maximum absolute atomic E-state index is 10.8. The lowest BCUT2D eigenvalue weighted by Gasteiger charge is -2.16. The molecule has 0 aromatic rings. The number of hydrazine groups is 1. The van der Waals surface area contributed by atoms with E-state index in [0.29, 0.717) is 0 Å². The van der Waals surface area contributed by atoms with E-state index in [2.05, 4.69) is 10.9 Å². The average Bonchev–Trinajstić information content (AvgIpc) is 1.64. The number of hydrogen-bond donors (Lipinski definition) is 2. The van der Waals surface area contributed by atoms with Crippen LogP contribution in [-0.2, 0) is 4.79 Å². The molecule has 0 rings (SSSR count). The van der Waals surface area contributed by atoms with Crippen LogP contribution >= 0.6 is 0 Å². The molecule has 0 atom stereocenters. The summed E-state index contributed by atoms with van der Waals surface area (Å²) in [5.41, 5.74) is 4.87. The van der Waals surface area contributed by atoms with Crippen LogP contribution in [0.2, 0.25) is 5.31 Å². The van der Waals surface area contributed by atoms with E-state index in [-0.39, 0.29) is 5.91 Å². The molecule has 2 N–H and O–H groups in total. The normalized spacial score (nSPS) is 11.0. The Bertz CT molecular complexity index is 108. The fourth-order valence-electron chi connectivity index (χ4n) is 0.275. The van der Waals surface area contributed by atoms with Gasteiger partial charge in [-0.25, -0.2) is 5.43 Å². The van der Waals surface area contributed by atoms with Crippen LogP contribution in [0.4, 0.5) is 0 Å². The highest BCUT2D eigenvalue weighted by molar-refractivity contribution is 6.27. The third-order valence-electron chi connectivity index (χ3n) is 0.824. The Labute approximate surface area is 56.6 Å². The number of amides is 1. The minimum absolute atomic E-state index is 0.218. The van der Waals surface area contributed by atoms with Crippen molar-refractivity contribution in [2.24, 2.45) is 0 Å². The van der Waals surface area contributed by atoms with Gasteiger partial charge in [0, 0.05) is 12.4 Å². The SMILES string of the molecule is [B]C(C)(C)C(=O)NNC. The van der Waals surface area contributed by atoms with Crippen molar-refractivity contribution in [1.29, 1.82) is 0 Å². The smallest absolute Gasteiger partial charge is 0.230 e. The Hall–Kier alpha value is -0.505. The highest BCUT2D eigenvalue weighted by Gasteiger charge is 2.19. The highest BCUT2D eigenvalue weighted by Crippen LogP contribution is 2.16. The van der Waals surface area contributed by atoms with Crippen LogP contribution in [0.1, 0.15) is 13.8 Å². The van der Waals surface area contributed by atoms with Crippen molar-refractivity contribution < 1.29 is 4.79 Å². The van der Waals surface area contributed by atoms with Crippen LogP contribution in [0, 0.1) is 0 Å². The number of hydrogen-bond acceptors (Lipinski definition) is 2. The molecule has 50 valence electrons. The van der Waals surface area contributed by atoms with E-state index in [9.17, 15) is 4.79 Å². The second-order valence-electron chi connectivity index (χ2n) is 2.43. The van der Waals surface area contributed by atoms with E-state index in [1.807, 2.05) is 0 Å². The average molecular weight is 126 g/mol. The Morgan fingerprint density at radius 1 is 1.56 bits per heavy atom. The summed E-state index contributed by atoms with van der Waals surface area (Å²) in [7, 11) is 7.03. The first-order valence-corrected chi connectivity index (χ1v) is 2.74. The van der Waals surface area contributed by atoms with Gasteiger partial charge in [0.15, 0.2) is 0 Å². The minimum Gasteiger partial charge on any atom is -0.292 e. The predicted octanol–water partition coefficient (Wildman–Crippen LogP) is -0.396.